The van der Waals surface area contributed by atoms with Gasteiger partial charge in [0.25, 0.3) is 0 Å². The predicted molar refractivity (Wildman–Crippen MR) is 79.1 cm³/mol. The van der Waals surface area contributed by atoms with Crippen molar-refractivity contribution >= 4 is 11.0 Å². The summed E-state index contributed by atoms with van der Waals surface area (Å²) >= 11 is 0. The van der Waals surface area contributed by atoms with Crippen molar-refractivity contribution in [1.82, 2.24) is 9.55 Å². The highest BCUT2D eigenvalue weighted by Gasteiger charge is 2.33. The summed E-state index contributed by atoms with van der Waals surface area (Å²) in [6, 6.07) is 7.24. The highest BCUT2D eigenvalue weighted by Crippen LogP contribution is 2.43. The van der Waals surface area contributed by atoms with Gasteiger partial charge in [-0.3, -0.25) is 0 Å². The number of rotatable bonds is 3. The van der Waals surface area contributed by atoms with E-state index in [1.807, 2.05) is 12.1 Å². The van der Waals surface area contributed by atoms with Crippen LogP contribution in [-0.4, -0.2) is 22.7 Å². The maximum absolute atomic E-state index is 6.09. The number of methoxy groups -OCH3 is 1. The Labute approximate surface area is 118 Å². The highest BCUT2D eigenvalue weighted by atomic mass is 16.5. The molecule has 2 fully saturated rings. The van der Waals surface area contributed by atoms with Gasteiger partial charge in [-0.1, -0.05) is 0 Å². The van der Waals surface area contributed by atoms with E-state index in [1.165, 1.54) is 30.6 Å². The zero-order chi connectivity index (χ0) is 13.7. The van der Waals surface area contributed by atoms with E-state index in [9.17, 15) is 0 Å². The Hall–Kier alpha value is -1.55. The van der Waals surface area contributed by atoms with Crippen molar-refractivity contribution in [3.8, 4) is 5.75 Å². The Morgan fingerprint density at radius 2 is 2.10 bits per heavy atom. The largest absolute Gasteiger partial charge is 0.497 e. The van der Waals surface area contributed by atoms with Gasteiger partial charge in [-0.2, -0.15) is 0 Å². The van der Waals surface area contributed by atoms with Crippen LogP contribution >= 0.6 is 0 Å². The second kappa shape index (κ2) is 4.48. The van der Waals surface area contributed by atoms with E-state index in [0.717, 1.165) is 24.1 Å². The fourth-order valence-corrected chi connectivity index (χ4v) is 3.48. The first-order valence-corrected chi connectivity index (χ1v) is 7.57. The third kappa shape index (κ3) is 1.90. The Kier molecular flexibility index (Phi) is 2.74. The molecule has 0 aliphatic heterocycles. The lowest BCUT2D eigenvalue weighted by Gasteiger charge is -2.13. The second-order valence-corrected chi connectivity index (χ2v) is 6.20. The zero-order valence-corrected chi connectivity index (χ0v) is 11.9. The van der Waals surface area contributed by atoms with Gasteiger partial charge in [0.1, 0.15) is 11.6 Å². The van der Waals surface area contributed by atoms with Crippen molar-refractivity contribution < 1.29 is 4.74 Å². The van der Waals surface area contributed by atoms with E-state index in [4.69, 9.17) is 15.5 Å². The molecule has 20 heavy (non-hydrogen) atoms. The van der Waals surface area contributed by atoms with E-state index < -0.39 is 0 Å². The first-order valence-electron chi connectivity index (χ1n) is 7.57. The minimum Gasteiger partial charge on any atom is -0.497 e. The summed E-state index contributed by atoms with van der Waals surface area (Å²) in [5.74, 6) is 2.67. The van der Waals surface area contributed by atoms with Gasteiger partial charge < -0.3 is 15.0 Å². The van der Waals surface area contributed by atoms with Crippen molar-refractivity contribution in [2.75, 3.05) is 7.11 Å². The quantitative estimate of drug-likeness (QED) is 0.933. The van der Waals surface area contributed by atoms with Crippen LogP contribution in [0.4, 0.5) is 0 Å². The van der Waals surface area contributed by atoms with Crippen LogP contribution in [0.25, 0.3) is 11.0 Å². The zero-order valence-electron chi connectivity index (χ0n) is 11.9. The molecule has 0 radical (unpaired) electrons. The molecule has 4 nitrogen and oxygen atoms in total. The van der Waals surface area contributed by atoms with E-state index in [0.29, 0.717) is 18.0 Å². The number of nitrogens with zero attached hydrogens (tertiary/aromatic N) is 2. The van der Waals surface area contributed by atoms with Crippen LogP contribution in [0.2, 0.25) is 0 Å². The number of benzene rings is 1. The SMILES string of the molecule is COc1ccc2c(c1)nc(C1CCC(N)C1)n2C1CC1. The summed E-state index contributed by atoms with van der Waals surface area (Å²) < 4.78 is 7.79. The first-order chi connectivity index (χ1) is 9.76. The van der Waals surface area contributed by atoms with E-state index >= 15 is 0 Å². The minimum atomic E-state index is 0.349. The fourth-order valence-electron chi connectivity index (χ4n) is 3.48. The smallest absolute Gasteiger partial charge is 0.121 e. The van der Waals surface area contributed by atoms with Crippen LogP contribution in [0.1, 0.15) is 49.9 Å². The summed E-state index contributed by atoms with van der Waals surface area (Å²) in [6.45, 7) is 0. The summed E-state index contributed by atoms with van der Waals surface area (Å²) in [5, 5.41) is 0. The number of hydrogen-bond acceptors (Lipinski definition) is 3. The molecule has 2 aliphatic carbocycles. The van der Waals surface area contributed by atoms with Gasteiger partial charge in [0.15, 0.2) is 0 Å². The van der Waals surface area contributed by atoms with Gasteiger partial charge in [-0.05, 0) is 44.2 Å². The summed E-state index contributed by atoms with van der Waals surface area (Å²) in [6.07, 6.45) is 5.94. The van der Waals surface area contributed by atoms with Crippen molar-refractivity contribution in [3.63, 3.8) is 0 Å². The van der Waals surface area contributed by atoms with Crippen LogP contribution in [0.15, 0.2) is 18.2 Å². The van der Waals surface area contributed by atoms with E-state index in [-0.39, 0.29) is 0 Å². The van der Waals surface area contributed by atoms with Gasteiger partial charge in [0.05, 0.1) is 18.1 Å². The standard InChI is InChI=1S/C16H21N3O/c1-20-13-6-7-15-14(9-13)18-16(19(15)12-4-5-12)10-2-3-11(17)8-10/h6-7,9-12H,2-5,8,17H2,1H3. The highest BCUT2D eigenvalue weighted by molar-refractivity contribution is 5.78. The second-order valence-electron chi connectivity index (χ2n) is 6.20. The van der Waals surface area contributed by atoms with Crippen LogP contribution < -0.4 is 10.5 Å². The Morgan fingerprint density at radius 3 is 2.75 bits per heavy atom. The molecular weight excluding hydrogens is 250 g/mol. The van der Waals surface area contributed by atoms with Gasteiger partial charge >= 0.3 is 0 Å². The topological polar surface area (TPSA) is 53.1 Å². The molecule has 0 spiro atoms. The monoisotopic (exact) mass is 271 g/mol. The Balaban J connectivity index is 1.84. The van der Waals surface area contributed by atoms with Gasteiger partial charge in [0, 0.05) is 24.1 Å². The lowest BCUT2D eigenvalue weighted by molar-refractivity contribution is 0.415. The lowest BCUT2D eigenvalue weighted by Crippen LogP contribution is -2.15. The van der Waals surface area contributed by atoms with Crippen LogP contribution in [0.5, 0.6) is 5.75 Å². The number of nitrogens with two attached hydrogens (primary N) is 1. The molecule has 2 saturated carbocycles. The van der Waals surface area contributed by atoms with Gasteiger partial charge in [-0.15, -0.1) is 0 Å². The van der Waals surface area contributed by atoms with Crippen molar-refractivity contribution in [3.05, 3.63) is 24.0 Å². The summed E-state index contributed by atoms with van der Waals surface area (Å²) in [4.78, 5) is 4.93. The normalized spacial score (nSPS) is 26.3. The molecule has 0 bridgehead atoms. The molecule has 2 unspecified atom stereocenters. The molecule has 2 N–H and O–H groups in total. The minimum absolute atomic E-state index is 0.349. The average molecular weight is 271 g/mol. The molecule has 106 valence electrons. The van der Waals surface area contributed by atoms with Crippen molar-refractivity contribution in [2.45, 2.75) is 50.1 Å². The number of hydrogen-bond donors (Lipinski definition) is 1. The van der Waals surface area contributed by atoms with Crippen LogP contribution in [0, 0.1) is 0 Å². The van der Waals surface area contributed by atoms with Crippen LogP contribution in [-0.2, 0) is 0 Å². The average Bonchev–Trinajstić information content (AvgIpc) is 3.09. The third-order valence-corrected chi connectivity index (χ3v) is 4.67. The van der Waals surface area contributed by atoms with E-state index in [2.05, 4.69) is 10.6 Å². The molecule has 4 heteroatoms. The Bertz CT molecular complexity index is 644. The fraction of sp³-hybridized carbons (Fsp3) is 0.562. The molecular formula is C16H21N3O. The maximum atomic E-state index is 6.09. The molecule has 2 aromatic rings. The lowest BCUT2D eigenvalue weighted by atomic mass is 10.1. The van der Waals surface area contributed by atoms with Crippen molar-refractivity contribution in [1.29, 1.82) is 0 Å². The molecule has 1 heterocycles. The molecule has 1 aromatic heterocycles. The first kappa shape index (κ1) is 12.2. The third-order valence-electron chi connectivity index (χ3n) is 4.67. The van der Waals surface area contributed by atoms with E-state index in [1.54, 1.807) is 7.11 Å². The molecule has 0 amide bonds. The molecule has 0 saturated heterocycles. The summed E-state index contributed by atoms with van der Waals surface area (Å²) in [5.41, 5.74) is 8.40. The number of aromatic nitrogens is 2. The van der Waals surface area contributed by atoms with Crippen molar-refractivity contribution in [2.24, 2.45) is 5.73 Å². The van der Waals surface area contributed by atoms with Crippen LogP contribution in [0.3, 0.4) is 0 Å². The maximum Gasteiger partial charge on any atom is 0.121 e. The molecule has 4 rings (SSSR count). The Morgan fingerprint density at radius 1 is 1.25 bits per heavy atom. The molecule has 2 aliphatic rings. The number of ether oxygens (including phenoxy) is 1. The molecule has 1 aromatic carbocycles. The number of imidazole rings is 1. The summed E-state index contributed by atoms with van der Waals surface area (Å²) in [7, 11) is 1.70. The van der Waals surface area contributed by atoms with Gasteiger partial charge in [0.2, 0.25) is 0 Å². The number of fused-ring (bicyclic) bond motifs is 1. The van der Waals surface area contributed by atoms with Gasteiger partial charge in [-0.25, -0.2) is 4.98 Å². The predicted octanol–water partition coefficient (Wildman–Crippen LogP) is 2.97. The molecule has 2 atom stereocenters.